The fourth-order valence-corrected chi connectivity index (χ4v) is 5.30. The molecule has 2 N–H and O–H groups in total. The number of unbranched alkanes of at least 4 members (excludes halogenated alkanes) is 2. The highest BCUT2D eigenvalue weighted by molar-refractivity contribution is 7.99. The third kappa shape index (κ3) is 6.63. The number of carboxylic acid groups (broad SMARTS) is 1. The number of hydrogen-bond acceptors (Lipinski definition) is 4. The molecule has 0 spiro atoms. The van der Waals surface area contributed by atoms with Crippen molar-refractivity contribution in [1.29, 1.82) is 0 Å². The molecule has 1 unspecified atom stereocenters. The Balaban J connectivity index is 1.78. The van der Waals surface area contributed by atoms with Crippen molar-refractivity contribution in [1.82, 2.24) is 0 Å². The molecule has 0 radical (unpaired) electrons. The maximum Gasteiger partial charge on any atom is 0.313 e. The van der Waals surface area contributed by atoms with Crippen LogP contribution < -0.4 is 0 Å². The van der Waals surface area contributed by atoms with Gasteiger partial charge in [-0.05, 0) is 55.6 Å². The highest BCUT2D eigenvalue weighted by Gasteiger charge is 2.42. The molecule has 0 aliphatic heterocycles. The van der Waals surface area contributed by atoms with Gasteiger partial charge in [0.1, 0.15) is 5.78 Å². The minimum absolute atomic E-state index is 0.0888. The van der Waals surface area contributed by atoms with Gasteiger partial charge < -0.3 is 10.2 Å². The number of carbonyl (C=O) groups excluding carboxylic acids is 1. The Bertz CT molecular complexity index is 512. The van der Waals surface area contributed by atoms with Crippen molar-refractivity contribution in [2.75, 3.05) is 11.5 Å². The molecule has 2 aliphatic carbocycles. The minimum Gasteiger partial charge on any atom is -0.481 e. The maximum atomic E-state index is 12.3. The van der Waals surface area contributed by atoms with Crippen LogP contribution in [0.5, 0.6) is 0 Å². The number of aliphatic hydroxyl groups is 1. The molecule has 5 heteroatoms. The van der Waals surface area contributed by atoms with Gasteiger partial charge in [0.05, 0.1) is 11.9 Å². The molecule has 0 aromatic carbocycles. The Labute approximate surface area is 168 Å². The van der Waals surface area contributed by atoms with Gasteiger partial charge in [0.25, 0.3) is 0 Å². The number of ketones is 1. The summed E-state index contributed by atoms with van der Waals surface area (Å²) < 4.78 is 0. The Hall–Kier alpha value is -0.810. The van der Waals surface area contributed by atoms with E-state index in [1.807, 2.05) is 6.08 Å². The van der Waals surface area contributed by atoms with Gasteiger partial charge in [-0.2, -0.15) is 11.8 Å². The lowest BCUT2D eigenvalue weighted by molar-refractivity contribution is -0.133. The summed E-state index contributed by atoms with van der Waals surface area (Å²) in [7, 11) is 0. The molecule has 0 aromatic rings. The SMILES string of the molecule is CCCCC1([C@@H](O)/C=C/C2CCC(=O)[C@@H]2CCCCSCC(=O)O)CCC1. The van der Waals surface area contributed by atoms with Crippen LogP contribution in [0.4, 0.5) is 0 Å². The van der Waals surface area contributed by atoms with E-state index < -0.39 is 5.97 Å². The van der Waals surface area contributed by atoms with E-state index in [9.17, 15) is 14.7 Å². The van der Waals surface area contributed by atoms with Gasteiger partial charge in [0, 0.05) is 12.3 Å². The molecule has 27 heavy (non-hydrogen) atoms. The predicted molar refractivity (Wildman–Crippen MR) is 111 cm³/mol. The fraction of sp³-hybridized carbons (Fsp3) is 0.818. The van der Waals surface area contributed by atoms with Crippen molar-refractivity contribution >= 4 is 23.5 Å². The van der Waals surface area contributed by atoms with E-state index in [2.05, 4.69) is 13.0 Å². The first-order valence-corrected chi connectivity index (χ1v) is 11.8. The standard InChI is InChI=1S/C22H36O4S/c1-2-3-12-22(13-6-14-22)20(24)11-9-17-8-10-19(23)18(17)7-4-5-15-27-16-21(25)26/h9,11,17-18,20,24H,2-8,10,12-16H2,1H3,(H,25,26)/b11-9+/t17?,18-,20+/m1/s1. The highest BCUT2D eigenvalue weighted by Crippen LogP contribution is 2.48. The van der Waals surface area contributed by atoms with Crippen LogP contribution >= 0.6 is 11.8 Å². The summed E-state index contributed by atoms with van der Waals surface area (Å²) in [5.41, 5.74) is 0.0893. The van der Waals surface area contributed by atoms with Gasteiger partial charge in [-0.1, -0.05) is 44.8 Å². The number of rotatable bonds is 13. The monoisotopic (exact) mass is 396 g/mol. The number of aliphatic carboxylic acids is 1. The maximum absolute atomic E-state index is 12.3. The molecule has 0 saturated heterocycles. The minimum atomic E-state index is -0.766. The van der Waals surface area contributed by atoms with Crippen molar-refractivity contribution in [3.05, 3.63) is 12.2 Å². The third-order valence-corrected chi connectivity index (χ3v) is 7.51. The van der Waals surface area contributed by atoms with E-state index in [0.29, 0.717) is 12.2 Å². The molecule has 0 amide bonds. The van der Waals surface area contributed by atoms with E-state index in [1.165, 1.54) is 31.0 Å². The van der Waals surface area contributed by atoms with Crippen LogP contribution in [0.2, 0.25) is 0 Å². The van der Waals surface area contributed by atoms with Crippen molar-refractivity contribution in [2.24, 2.45) is 17.3 Å². The fourth-order valence-electron chi connectivity index (χ4n) is 4.57. The average molecular weight is 397 g/mol. The number of hydrogen-bond donors (Lipinski definition) is 2. The van der Waals surface area contributed by atoms with E-state index >= 15 is 0 Å². The summed E-state index contributed by atoms with van der Waals surface area (Å²) in [5.74, 6) is 0.949. The van der Waals surface area contributed by atoms with E-state index in [0.717, 1.165) is 50.7 Å². The van der Waals surface area contributed by atoms with Crippen LogP contribution in [0, 0.1) is 17.3 Å². The molecular formula is C22H36O4S. The Morgan fingerprint density at radius 3 is 2.74 bits per heavy atom. The summed E-state index contributed by atoms with van der Waals surface area (Å²) >= 11 is 1.45. The van der Waals surface area contributed by atoms with Gasteiger partial charge in [-0.15, -0.1) is 0 Å². The topological polar surface area (TPSA) is 74.6 Å². The first kappa shape index (κ1) is 22.5. The molecule has 4 nitrogen and oxygen atoms in total. The zero-order chi connectivity index (χ0) is 19.7. The lowest BCUT2D eigenvalue weighted by Crippen LogP contribution is -2.40. The largest absolute Gasteiger partial charge is 0.481 e. The summed E-state index contributed by atoms with van der Waals surface area (Å²) in [4.78, 5) is 22.8. The molecule has 2 saturated carbocycles. The third-order valence-electron chi connectivity index (χ3n) is 6.48. The number of Topliss-reactive ketones (excluding diaryl/α,β-unsaturated/α-hetero) is 1. The second-order valence-corrected chi connectivity index (χ2v) is 9.47. The second kappa shape index (κ2) is 11.3. The summed E-state index contributed by atoms with van der Waals surface area (Å²) in [5, 5.41) is 19.4. The van der Waals surface area contributed by atoms with Gasteiger partial charge in [0.2, 0.25) is 0 Å². The Morgan fingerprint density at radius 1 is 1.33 bits per heavy atom. The van der Waals surface area contributed by atoms with Crippen molar-refractivity contribution < 1.29 is 19.8 Å². The average Bonchev–Trinajstić information content (AvgIpc) is 2.95. The number of carboxylic acids is 1. The second-order valence-electron chi connectivity index (χ2n) is 8.37. The molecule has 0 bridgehead atoms. The molecule has 3 atom stereocenters. The number of aliphatic hydroxyl groups excluding tert-OH is 1. The van der Waals surface area contributed by atoms with E-state index in [4.69, 9.17) is 5.11 Å². The molecule has 2 aliphatic rings. The lowest BCUT2D eigenvalue weighted by atomic mass is 9.62. The summed E-state index contributed by atoms with van der Waals surface area (Å²) in [6.07, 6.45) is 15.1. The smallest absolute Gasteiger partial charge is 0.313 e. The number of thioether (sulfide) groups is 1. The van der Waals surface area contributed by atoms with Crippen LogP contribution in [0.15, 0.2) is 12.2 Å². The normalized spacial score (nSPS) is 25.6. The van der Waals surface area contributed by atoms with Crippen molar-refractivity contribution in [3.63, 3.8) is 0 Å². The van der Waals surface area contributed by atoms with Crippen LogP contribution in [0.3, 0.4) is 0 Å². The first-order chi connectivity index (χ1) is 13.0. The van der Waals surface area contributed by atoms with Gasteiger partial charge in [0.15, 0.2) is 0 Å². The van der Waals surface area contributed by atoms with Gasteiger partial charge >= 0.3 is 5.97 Å². The van der Waals surface area contributed by atoms with Gasteiger partial charge in [-0.3, -0.25) is 9.59 Å². The molecule has 154 valence electrons. The lowest BCUT2D eigenvalue weighted by Gasteiger charge is -2.45. The first-order valence-electron chi connectivity index (χ1n) is 10.7. The zero-order valence-electron chi connectivity index (χ0n) is 16.7. The molecule has 2 rings (SSSR count). The predicted octanol–water partition coefficient (Wildman–Crippen LogP) is 4.85. The van der Waals surface area contributed by atoms with Crippen molar-refractivity contribution in [3.8, 4) is 0 Å². The van der Waals surface area contributed by atoms with E-state index in [-0.39, 0.29) is 29.1 Å². The zero-order valence-corrected chi connectivity index (χ0v) is 17.5. The summed E-state index contributed by atoms with van der Waals surface area (Å²) in [6, 6.07) is 0. The van der Waals surface area contributed by atoms with Crippen LogP contribution in [-0.4, -0.2) is 39.6 Å². The van der Waals surface area contributed by atoms with Gasteiger partial charge in [-0.25, -0.2) is 0 Å². The van der Waals surface area contributed by atoms with E-state index in [1.54, 1.807) is 0 Å². The van der Waals surface area contributed by atoms with Crippen LogP contribution in [0.25, 0.3) is 0 Å². The number of allylic oxidation sites excluding steroid dienone is 1. The Morgan fingerprint density at radius 2 is 2.11 bits per heavy atom. The highest BCUT2D eigenvalue weighted by atomic mass is 32.2. The Kier molecular flexibility index (Phi) is 9.37. The molecule has 2 fully saturated rings. The van der Waals surface area contributed by atoms with Crippen LogP contribution in [0.1, 0.15) is 77.6 Å². The van der Waals surface area contributed by atoms with Crippen LogP contribution in [-0.2, 0) is 9.59 Å². The van der Waals surface area contributed by atoms with Crippen molar-refractivity contribution in [2.45, 2.75) is 83.7 Å². The molecule has 0 aromatic heterocycles. The molecule has 0 heterocycles. The number of carbonyl (C=O) groups is 2. The summed E-state index contributed by atoms with van der Waals surface area (Å²) in [6.45, 7) is 2.20. The molecular weight excluding hydrogens is 360 g/mol. The quantitative estimate of drug-likeness (QED) is 0.344.